The molecule has 114 valence electrons. The van der Waals surface area contributed by atoms with E-state index in [-0.39, 0.29) is 0 Å². The number of aromatic nitrogens is 3. The van der Waals surface area contributed by atoms with Crippen LogP contribution in [0.1, 0.15) is 28.7 Å². The lowest BCUT2D eigenvalue weighted by molar-refractivity contribution is 0.156. The molecule has 0 fully saturated rings. The molecule has 2 aromatic rings. The van der Waals surface area contributed by atoms with Gasteiger partial charge in [-0.2, -0.15) is 5.10 Å². The molecule has 1 aliphatic rings. The van der Waals surface area contributed by atoms with Crippen LogP contribution in [0.25, 0.3) is 0 Å². The van der Waals surface area contributed by atoms with Crippen LogP contribution in [0.2, 0.25) is 0 Å². The summed E-state index contributed by atoms with van der Waals surface area (Å²) in [5.74, 6) is 0. The van der Waals surface area contributed by atoms with Gasteiger partial charge in [0.2, 0.25) is 0 Å². The molecule has 0 aliphatic carbocycles. The van der Waals surface area contributed by atoms with Crippen LogP contribution in [-0.4, -0.2) is 51.7 Å². The number of fused-ring (bicyclic) bond motifs is 1. The average molecular weight is 305 g/mol. The Morgan fingerprint density at radius 3 is 3.00 bits per heavy atom. The number of nitrogens with zero attached hydrogens (tertiary/aromatic N) is 5. The first kappa shape index (κ1) is 14.7. The van der Waals surface area contributed by atoms with E-state index < -0.39 is 0 Å². The zero-order valence-corrected chi connectivity index (χ0v) is 13.8. The summed E-state index contributed by atoms with van der Waals surface area (Å²) in [7, 11) is 4.26. The highest BCUT2D eigenvalue weighted by molar-refractivity contribution is 7.09. The minimum absolute atomic E-state index is 0.472. The van der Waals surface area contributed by atoms with E-state index in [9.17, 15) is 0 Å². The van der Waals surface area contributed by atoms with Gasteiger partial charge in [-0.05, 0) is 40.1 Å². The lowest BCUT2D eigenvalue weighted by atomic mass is 10.1. The molecule has 0 N–H and O–H groups in total. The van der Waals surface area contributed by atoms with Gasteiger partial charge in [-0.15, -0.1) is 11.3 Å². The van der Waals surface area contributed by atoms with E-state index >= 15 is 0 Å². The summed E-state index contributed by atoms with van der Waals surface area (Å²) in [6.45, 7) is 6.25. The van der Waals surface area contributed by atoms with Crippen molar-refractivity contribution in [2.75, 3.05) is 27.2 Å². The molecule has 0 unspecified atom stereocenters. The Hall–Kier alpha value is -1.24. The molecule has 1 atom stereocenters. The van der Waals surface area contributed by atoms with Crippen molar-refractivity contribution in [3.63, 3.8) is 0 Å². The van der Waals surface area contributed by atoms with Crippen LogP contribution in [0.4, 0.5) is 0 Å². The van der Waals surface area contributed by atoms with E-state index in [0.29, 0.717) is 6.04 Å². The topological polar surface area (TPSA) is 37.2 Å². The lowest BCUT2D eigenvalue weighted by Crippen LogP contribution is -2.38. The molecular formula is C15H23N5S. The summed E-state index contributed by atoms with van der Waals surface area (Å²) >= 11 is 1.76. The van der Waals surface area contributed by atoms with Crippen LogP contribution in [0.5, 0.6) is 0 Å². The number of aryl methyl sites for hydroxylation is 1. The van der Waals surface area contributed by atoms with Crippen molar-refractivity contribution in [1.29, 1.82) is 0 Å². The molecule has 5 nitrogen and oxygen atoms in total. The predicted molar refractivity (Wildman–Crippen MR) is 85.4 cm³/mol. The van der Waals surface area contributed by atoms with Gasteiger partial charge in [-0.25, -0.2) is 4.98 Å². The summed E-state index contributed by atoms with van der Waals surface area (Å²) in [4.78, 5) is 10.5. The monoisotopic (exact) mass is 305 g/mol. The van der Waals surface area contributed by atoms with Crippen LogP contribution in [0.15, 0.2) is 17.8 Å². The molecule has 3 heterocycles. The molecule has 0 bridgehead atoms. The first-order valence-electron chi connectivity index (χ1n) is 7.42. The number of rotatable bonds is 5. The van der Waals surface area contributed by atoms with Gasteiger partial charge in [0.25, 0.3) is 0 Å². The molecule has 3 rings (SSSR count). The van der Waals surface area contributed by atoms with E-state index in [1.54, 1.807) is 11.3 Å². The second-order valence-corrected chi connectivity index (χ2v) is 6.98. The molecule has 2 aromatic heterocycles. The highest BCUT2D eigenvalue weighted by atomic mass is 32.1. The van der Waals surface area contributed by atoms with E-state index in [1.807, 2.05) is 11.7 Å². The van der Waals surface area contributed by atoms with Crippen molar-refractivity contribution in [1.82, 2.24) is 24.6 Å². The van der Waals surface area contributed by atoms with Crippen molar-refractivity contribution in [3.05, 3.63) is 34.0 Å². The van der Waals surface area contributed by atoms with Crippen molar-refractivity contribution < 1.29 is 0 Å². The second-order valence-electron chi connectivity index (χ2n) is 6.04. The normalized spacial score (nSPS) is 19.1. The molecular weight excluding hydrogens is 282 g/mol. The molecule has 0 saturated heterocycles. The van der Waals surface area contributed by atoms with Crippen molar-refractivity contribution >= 4 is 11.3 Å². The van der Waals surface area contributed by atoms with E-state index in [2.05, 4.69) is 51.6 Å². The van der Waals surface area contributed by atoms with Gasteiger partial charge in [0, 0.05) is 30.7 Å². The Balaban J connectivity index is 1.72. The van der Waals surface area contributed by atoms with Crippen molar-refractivity contribution in [2.24, 2.45) is 0 Å². The first-order valence-corrected chi connectivity index (χ1v) is 8.30. The number of thiazole rings is 1. The van der Waals surface area contributed by atoms with Gasteiger partial charge >= 0.3 is 0 Å². The third-order valence-electron chi connectivity index (χ3n) is 4.07. The SMILES string of the molecule is Cc1ncsc1CN1Cc2ccnn2[C@H](CCN(C)C)C1. The van der Waals surface area contributed by atoms with Crippen LogP contribution >= 0.6 is 11.3 Å². The van der Waals surface area contributed by atoms with Crippen LogP contribution in [-0.2, 0) is 13.1 Å². The highest BCUT2D eigenvalue weighted by Crippen LogP contribution is 2.25. The van der Waals surface area contributed by atoms with Gasteiger partial charge in [0.15, 0.2) is 0 Å². The maximum Gasteiger partial charge on any atom is 0.0798 e. The Labute approximate surface area is 130 Å². The minimum Gasteiger partial charge on any atom is -0.309 e. The number of hydrogen-bond donors (Lipinski definition) is 0. The smallest absolute Gasteiger partial charge is 0.0798 e. The maximum absolute atomic E-state index is 4.53. The van der Waals surface area contributed by atoms with Crippen LogP contribution in [0.3, 0.4) is 0 Å². The van der Waals surface area contributed by atoms with Gasteiger partial charge in [0.1, 0.15) is 0 Å². The van der Waals surface area contributed by atoms with E-state index in [0.717, 1.165) is 32.6 Å². The van der Waals surface area contributed by atoms with Gasteiger partial charge in [-0.3, -0.25) is 9.58 Å². The second kappa shape index (κ2) is 6.25. The molecule has 0 aromatic carbocycles. The predicted octanol–water partition coefficient (Wildman–Crippen LogP) is 2.16. The third-order valence-corrected chi connectivity index (χ3v) is 4.99. The highest BCUT2D eigenvalue weighted by Gasteiger charge is 2.26. The lowest BCUT2D eigenvalue weighted by Gasteiger charge is -2.34. The largest absolute Gasteiger partial charge is 0.309 e. The fourth-order valence-corrected chi connectivity index (χ4v) is 3.71. The Morgan fingerprint density at radius 2 is 2.29 bits per heavy atom. The molecule has 0 saturated carbocycles. The maximum atomic E-state index is 4.53. The summed E-state index contributed by atoms with van der Waals surface area (Å²) in [6.07, 6.45) is 3.07. The minimum atomic E-state index is 0.472. The Bertz CT molecular complexity index is 588. The molecule has 6 heteroatoms. The van der Waals surface area contributed by atoms with E-state index in [1.165, 1.54) is 16.3 Å². The fourth-order valence-electron chi connectivity index (χ4n) is 2.89. The summed E-state index contributed by atoms with van der Waals surface area (Å²) in [6, 6.07) is 2.62. The zero-order valence-electron chi connectivity index (χ0n) is 13.0. The summed E-state index contributed by atoms with van der Waals surface area (Å²) < 4.78 is 2.22. The molecule has 1 aliphatic heterocycles. The van der Waals surface area contributed by atoms with Gasteiger partial charge in [0.05, 0.1) is 22.9 Å². The Morgan fingerprint density at radius 1 is 1.43 bits per heavy atom. The fraction of sp³-hybridized carbons (Fsp3) is 0.600. The standard InChI is InChI=1S/C15H23N5S/c1-12-15(21-11-16-12)10-19-8-13-4-6-17-20(13)14(9-19)5-7-18(2)3/h4,6,11,14H,5,7-10H2,1-3H3/t14-/m1/s1. The quantitative estimate of drug-likeness (QED) is 0.848. The molecule has 0 spiro atoms. The molecule has 0 radical (unpaired) electrons. The number of hydrogen-bond acceptors (Lipinski definition) is 5. The summed E-state index contributed by atoms with van der Waals surface area (Å²) in [5.41, 5.74) is 4.44. The zero-order chi connectivity index (χ0) is 14.8. The van der Waals surface area contributed by atoms with E-state index in [4.69, 9.17) is 0 Å². The van der Waals surface area contributed by atoms with Crippen LogP contribution in [0, 0.1) is 6.92 Å². The Kier molecular flexibility index (Phi) is 4.37. The van der Waals surface area contributed by atoms with Gasteiger partial charge < -0.3 is 4.90 Å². The molecule has 0 amide bonds. The van der Waals surface area contributed by atoms with Crippen LogP contribution < -0.4 is 0 Å². The third kappa shape index (κ3) is 3.33. The van der Waals surface area contributed by atoms with Crippen molar-refractivity contribution in [2.45, 2.75) is 32.5 Å². The average Bonchev–Trinajstić information content (AvgIpc) is 3.06. The first-order chi connectivity index (χ1) is 10.1. The summed E-state index contributed by atoms with van der Waals surface area (Å²) in [5, 5.41) is 4.53. The molecule has 21 heavy (non-hydrogen) atoms. The van der Waals surface area contributed by atoms with Gasteiger partial charge in [-0.1, -0.05) is 0 Å². The van der Waals surface area contributed by atoms with Crippen molar-refractivity contribution in [3.8, 4) is 0 Å².